The number of rotatable bonds is 8. The molecule has 21 heavy (non-hydrogen) atoms. The van der Waals surface area contributed by atoms with E-state index in [-0.39, 0.29) is 29.8 Å². The van der Waals surface area contributed by atoms with Gasteiger partial charge in [-0.3, -0.25) is 4.79 Å². The lowest BCUT2D eigenvalue weighted by atomic mass is 9.96. The first-order valence-corrected chi connectivity index (χ1v) is 7.84. The van der Waals surface area contributed by atoms with Crippen LogP contribution in [0.3, 0.4) is 0 Å². The van der Waals surface area contributed by atoms with Gasteiger partial charge < -0.3 is 9.84 Å². The van der Waals surface area contributed by atoms with Crippen molar-refractivity contribution < 1.29 is 14.6 Å². The van der Waals surface area contributed by atoms with Crippen LogP contribution in [0.5, 0.6) is 0 Å². The summed E-state index contributed by atoms with van der Waals surface area (Å²) in [5.41, 5.74) is 2.66. The molecule has 1 aliphatic carbocycles. The number of hydrogen-bond donors (Lipinski definition) is 1. The van der Waals surface area contributed by atoms with E-state index in [2.05, 4.69) is 39.8 Å². The summed E-state index contributed by atoms with van der Waals surface area (Å²) in [5, 5.41) is 9.40. The minimum atomic E-state index is -0.180. The zero-order chi connectivity index (χ0) is 16.0. The Balaban J connectivity index is 2.44. The molecule has 120 valence electrons. The zero-order valence-electron chi connectivity index (χ0n) is 14.1. The lowest BCUT2D eigenvalue weighted by Gasteiger charge is -2.10. The average molecular weight is 294 g/mol. The fourth-order valence-electron chi connectivity index (χ4n) is 3.20. The number of aliphatic hydroxyl groups excluding tert-OH is 1. The summed E-state index contributed by atoms with van der Waals surface area (Å²) in [6.45, 7) is 8.56. The van der Waals surface area contributed by atoms with E-state index >= 15 is 0 Å². The number of allylic oxidation sites excluding steroid dienone is 4. The summed E-state index contributed by atoms with van der Waals surface area (Å²) in [4.78, 5) is 11.7. The van der Waals surface area contributed by atoms with E-state index in [1.54, 1.807) is 0 Å². The summed E-state index contributed by atoms with van der Waals surface area (Å²) in [7, 11) is 1.42. The highest BCUT2D eigenvalue weighted by molar-refractivity contribution is 5.77. The summed E-state index contributed by atoms with van der Waals surface area (Å²) in [5.74, 6) is -0.253. The minimum Gasteiger partial charge on any atom is -0.469 e. The highest BCUT2D eigenvalue weighted by Gasteiger charge is 2.64. The van der Waals surface area contributed by atoms with Crippen LogP contribution in [0.4, 0.5) is 0 Å². The predicted octanol–water partition coefficient (Wildman–Crippen LogP) is 3.88. The first kappa shape index (κ1) is 18.0. The van der Waals surface area contributed by atoms with Crippen molar-refractivity contribution in [2.75, 3.05) is 13.7 Å². The maximum absolute atomic E-state index is 11.7. The molecule has 0 saturated heterocycles. The summed E-state index contributed by atoms with van der Waals surface area (Å²) >= 11 is 0. The highest BCUT2D eigenvalue weighted by Crippen LogP contribution is 2.61. The number of methoxy groups -OCH3 is 1. The SMILES string of the molecule is COC(=O)[C@@H]1[C@H](CO)[C@@]1(C)CC/C=C(\C)CCC=C(C)C. The molecule has 1 rings (SSSR count). The molecule has 1 aliphatic rings. The Hall–Kier alpha value is -1.09. The third kappa shape index (κ3) is 4.70. The Morgan fingerprint density at radius 3 is 2.43 bits per heavy atom. The zero-order valence-corrected chi connectivity index (χ0v) is 14.1. The van der Waals surface area contributed by atoms with Gasteiger partial charge in [-0.25, -0.2) is 0 Å². The molecule has 0 aliphatic heterocycles. The van der Waals surface area contributed by atoms with E-state index in [4.69, 9.17) is 4.74 Å². The van der Waals surface area contributed by atoms with Gasteiger partial charge in [0, 0.05) is 12.5 Å². The molecule has 0 radical (unpaired) electrons. The molecule has 1 fully saturated rings. The van der Waals surface area contributed by atoms with Crippen LogP contribution in [-0.4, -0.2) is 24.8 Å². The van der Waals surface area contributed by atoms with Gasteiger partial charge in [0.2, 0.25) is 0 Å². The van der Waals surface area contributed by atoms with E-state index in [0.717, 1.165) is 25.7 Å². The van der Waals surface area contributed by atoms with Crippen LogP contribution in [0.25, 0.3) is 0 Å². The van der Waals surface area contributed by atoms with Gasteiger partial charge in [-0.15, -0.1) is 0 Å². The van der Waals surface area contributed by atoms with Gasteiger partial charge in [0.25, 0.3) is 0 Å². The van der Waals surface area contributed by atoms with E-state index in [1.165, 1.54) is 18.3 Å². The topological polar surface area (TPSA) is 46.5 Å². The third-order valence-corrected chi connectivity index (χ3v) is 4.77. The van der Waals surface area contributed by atoms with Crippen molar-refractivity contribution in [2.45, 2.75) is 53.4 Å². The van der Waals surface area contributed by atoms with E-state index in [0.29, 0.717) is 0 Å². The number of esters is 1. The number of aliphatic hydroxyl groups is 1. The molecule has 0 aromatic heterocycles. The van der Waals surface area contributed by atoms with Crippen LogP contribution in [0.15, 0.2) is 23.3 Å². The quantitative estimate of drug-likeness (QED) is 0.546. The molecule has 0 aromatic carbocycles. The first-order chi connectivity index (χ1) is 9.86. The molecule has 0 spiro atoms. The Morgan fingerprint density at radius 2 is 1.90 bits per heavy atom. The van der Waals surface area contributed by atoms with Crippen molar-refractivity contribution >= 4 is 5.97 Å². The second kappa shape index (κ2) is 7.79. The molecule has 0 amide bonds. The van der Waals surface area contributed by atoms with Crippen LogP contribution in [0.2, 0.25) is 0 Å². The van der Waals surface area contributed by atoms with Crippen molar-refractivity contribution in [3.05, 3.63) is 23.3 Å². The van der Waals surface area contributed by atoms with Gasteiger partial charge >= 0.3 is 5.97 Å². The Bertz CT molecular complexity index is 418. The number of carbonyl (C=O) groups is 1. The van der Waals surface area contributed by atoms with Gasteiger partial charge in [-0.05, 0) is 51.9 Å². The Labute approximate surface area is 129 Å². The van der Waals surface area contributed by atoms with Crippen LogP contribution >= 0.6 is 0 Å². The molecule has 3 atom stereocenters. The van der Waals surface area contributed by atoms with Gasteiger partial charge in [0.15, 0.2) is 0 Å². The number of hydrogen-bond acceptors (Lipinski definition) is 3. The van der Waals surface area contributed by atoms with E-state index in [1.807, 2.05) is 0 Å². The molecule has 1 N–H and O–H groups in total. The van der Waals surface area contributed by atoms with Crippen molar-refractivity contribution in [3.63, 3.8) is 0 Å². The number of carbonyl (C=O) groups excluding carboxylic acids is 1. The van der Waals surface area contributed by atoms with Crippen LogP contribution in [0.1, 0.15) is 53.4 Å². The Kier molecular flexibility index (Phi) is 6.66. The minimum absolute atomic E-state index is 0.0596. The molecule has 0 heterocycles. The monoisotopic (exact) mass is 294 g/mol. The van der Waals surface area contributed by atoms with Gasteiger partial charge in [-0.2, -0.15) is 0 Å². The number of ether oxygens (including phenoxy) is 1. The molecule has 3 nitrogen and oxygen atoms in total. The molecule has 0 unspecified atom stereocenters. The molecular weight excluding hydrogens is 264 g/mol. The predicted molar refractivity (Wildman–Crippen MR) is 85.8 cm³/mol. The standard InChI is InChI=1S/C18H30O3/c1-13(2)8-6-9-14(3)10-7-11-18(4)15(12-19)16(18)17(20)21-5/h8,10,15-16,19H,6-7,9,11-12H2,1-5H3/b14-10+/t15-,16-,18+/m0/s1. The van der Waals surface area contributed by atoms with Crippen molar-refractivity contribution in [2.24, 2.45) is 17.3 Å². The second-order valence-electron chi connectivity index (χ2n) is 6.71. The van der Waals surface area contributed by atoms with Crippen molar-refractivity contribution in [1.29, 1.82) is 0 Å². The van der Waals surface area contributed by atoms with Crippen molar-refractivity contribution in [3.8, 4) is 0 Å². The lowest BCUT2D eigenvalue weighted by Crippen LogP contribution is -2.09. The van der Waals surface area contributed by atoms with Crippen LogP contribution < -0.4 is 0 Å². The lowest BCUT2D eigenvalue weighted by molar-refractivity contribution is -0.143. The second-order valence-corrected chi connectivity index (χ2v) is 6.71. The van der Waals surface area contributed by atoms with Gasteiger partial charge in [-0.1, -0.05) is 30.2 Å². The maximum Gasteiger partial charge on any atom is 0.309 e. The van der Waals surface area contributed by atoms with Crippen LogP contribution in [0, 0.1) is 17.3 Å². The van der Waals surface area contributed by atoms with Gasteiger partial charge in [0.1, 0.15) is 0 Å². The molecule has 0 bridgehead atoms. The first-order valence-electron chi connectivity index (χ1n) is 7.84. The van der Waals surface area contributed by atoms with E-state index in [9.17, 15) is 9.90 Å². The highest BCUT2D eigenvalue weighted by atomic mass is 16.5. The van der Waals surface area contributed by atoms with Gasteiger partial charge in [0.05, 0.1) is 13.0 Å². The van der Waals surface area contributed by atoms with Crippen molar-refractivity contribution in [1.82, 2.24) is 0 Å². The molecule has 0 aromatic rings. The smallest absolute Gasteiger partial charge is 0.309 e. The average Bonchev–Trinajstić information content (AvgIpc) is 3.02. The van der Waals surface area contributed by atoms with Crippen LogP contribution in [-0.2, 0) is 9.53 Å². The molecule has 1 saturated carbocycles. The maximum atomic E-state index is 11.7. The Morgan fingerprint density at radius 1 is 1.24 bits per heavy atom. The molecule has 3 heteroatoms. The van der Waals surface area contributed by atoms with E-state index < -0.39 is 0 Å². The normalized spacial score (nSPS) is 28.2. The summed E-state index contributed by atoms with van der Waals surface area (Å²) in [6, 6.07) is 0. The summed E-state index contributed by atoms with van der Waals surface area (Å²) < 4.78 is 4.83. The fourth-order valence-corrected chi connectivity index (χ4v) is 3.20. The molecular formula is C18H30O3. The fraction of sp³-hybridized carbons (Fsp3) is 0.722. The largest absolute Gasteiger partial charge is 0.469 e. The third-order valence-electron chi connectivity index (χ3n) is 4.77. The summed E-state index contributed by atoms with van der Waals surface area (Å²) in [6.07, 6.45) is 8.59.